The molecule has 19 heavy (non-hydrogen) atoms. The molecule has 0 aliphatic carbocycles. The first-order chi connectivity index (χ1) is 8.84. The van der Waals surface area contributed by atoms with Gasteiger partial charge in [0.2, 0.25) is 0 Å². The summed E-state index contributed by atoms with van der Waals surface area (Å²) in [4.78, 5) is 0. The van der Waals surface area contributed by atoms with Crippen molar-refractivity contribution in [3.8, 4) is 11.8 Å². The summed E-state index contributed by atoms with van der Waals surface area (Å²) < 4.78 is 39.8. The smallest absolute Gasteiger partial charge is 0.220 e. The topological polar surface area (TPSA) is 41.6 Å². The van der Waals surface area contributed by atoms with E-state index in [1.54, 1.807) is 12.1 Å². The Morgan fingerprint density at radius 3 is 2.26 bits per heavy atom. The maximum absolute atomic E-state index is 12.7. The fourth-order valence-corrected chi connectivity index (χ4v) is 1.98. The Kier molecular flexibility index (Phi) is 3.56. The second-order valence-electron chi connectivity index (χ2n) is 3.51. The van der Waals surface area contributed by atoms with Crippen molar-refractivity contribution in [2.45, 2.75) is 6.18 Å². The molecule has 0 aliphatic heterocycles. The maximum atomic E-state index is 12.7. The summed E-state index contributed by atoms with van der Waals surface area (Å²) in [7, 11) is 0. The third-order valence-electron chi connectivity index (χ3n) is 2.28. The molecular weight excluding hydrogens is 346 g/mol. The van der Waals surface area contributed by atoms with Crippen molar-refractivity contribution in [2.75, 3.05) is 0 Å². The van der Waals surface area contributed by atoms with Crippen molar-refractivity contribution < 1.29 is 13.2 Å². The quantitative estimate of drug-likeness (QED) is 0.774. The lowest BCUT2D eigenvalue weighted by Crippen LogP contribution is -2.08. The first-order valence-electron chi connectivity index (χ1n) is 4.86. The van der Waals surface area contributed by atoms with Gasteiger partial charge in [-0.05, 0) is 24.3 Å². The summed E-state index contributed by atoms with van der Waals surface area (Å²) in [5.74, 6) is 0. The lowest BCUT2D eigenvalue weighted by atomic mass is 10.2. The van der Waals surface area contributed by atoms with E-state index in [4.69, 9.17) is 16.9 Å². The van der Waals surface area contributed by atoms with Gasteiger partial charge in [0.15, 0.2) is 10.8 Å². The SMILES string of the molecule is N#Cc1c(C(F)(F)F)nn(-c2ccc(Br)cc2)c1Cl. The predicted molar refractivity (Wildman–Crippen MR) is 66.0 cm³/mol. The summed E-state index contributed by atoms with van der Waals surface area (Å²) in [6, 6.07) is 7.75. The van der Waals surface area contributed by atoms with Crippen LogP contribution in [0.2, 0.25) is 5.15 Å². The molecule has 1 heterocycles. The molecule has 98 valence electrons. The number of nitrogens with zero attached hydrogens (tertiary/aromatic N) is 3. The molecule has 0 fully saturated rings. The lowest BCUT2D eigenvalue weighted by molar-refractivity contribution is -0.141. The highest BCUT2D eigenvalue weighted by Gasteiger charge is 2.39. The van der Waals surface area contributed by atoms with E-state index in [1.807, 2.05) is 0 Å². The number of benzene rings is 1. The summed E-state index contributed by atoms with van der Waals surface area (Å²) in [6.45, 7) is 0. The first kappa shape index (κ1) is 13.9. The normalized spacial score (nSPS) is 11.4. The average molecular weight is 351 g/mol. The van der Waals surface area contributed by atoms with E-state index in [9.17, 15) is 13.2 Å². The summed E-state index contributed by atoms with van der Waals surface area (Å²) >= 11 is 8.98. The van der Waals surface area contributed by atoms with Gasteiger partial charge in [-0.1, -0.05) is 27.5 Å². The number of aromatic nitrogens is 2. The summed E-state index contributed by atoms with van der Waals surface area (Å²) in [5, 5.41) is 11.8. The van der Waals surface area contributed by atoms with Gasteiger partial charge in [0.25, 0.3) is 0 Å². The van der Waals surface area contributed by atoms with Gasteiger partial charge in [0, 0.05) is 4.47 Å². The Hall–Kier alpha value is -1.52. The minimum Gasteiger partial charge on any atom is -0.220 e. The number of halogens is 5. The van der Waals surface area contributed by atoms with Crippen LogP contribution in [0.1, 0.15) is 11.3 Å². The Labute approximate surface area is 119 Å². The van der Waals surface area contributed by atoms with E-state index >= 15 is 0 Å². The van der Waals surface area contributed by atoms with Crippen molar-refractivity contribution in [1.29, 1.82) is 5.26 Å². The molecule has 1 aromatic carbocycles. The Bertz CT molecular complexity index is 656. The molecule has 0 unspecified atom stereocenters. The Balaban J connectivity index is 2.64. The van der Waals surface area contributed by atoms with Gasteiger partial charge in [-0.25, -0.2) is 4.68 Å². The molecule has 0 atom stereocenters. The zero-order valence-corrected chi connectivity index (χ0v) is 11.4. The van der Waals surface area contributed by atoms with Crippen LogP contribution in [0.5, 0.6) is 0 Å². The highest BCUT2D eigenvalue weighted by Crippen LogP contribution is 2.35. The second kappa shape index (κ2) is 4.87. The molecule has 8 heteroatoms. The summed E-state index contributed by atoms with van der Waals surface area (Å²) in [6.07, 6.45) is -4.73. The van der Waals surface area contributed by atoms with Crippen molar-refractivity contribution in [1.82, 2.24) is 9.78 Å². The van der Waals surface area contributed by atoms with Gasteiger partial charge in [0.05, 0.1) is 5.69 Å². The molecule has 0 amide bonds. The molecule has 0 radical (unpaired) electrons. The van der Waals surface area contributed by atoms with E-state index in [1.165, 1.54) is 18.2 Å². The Morgan fingerprint density at radius 2 is 1.84 bits per heavy atom. The summed E-state index contributed by atoms with van der Waals surface area (Å²) in [5.41, 5.74) is -1.64. The average Bonchev–Trinajstić information content (AvgIpc) is 2.67. The van der Waals surface area contributed by atoms with Crippen molar-refractivity contribution in [3.05, 3.63) is 45.1 Å². The molecule has 0 spiro atoms. The zero-order chi connectivity index (χ0) is 14.2. The van der Waals surface area contributed by atoms with Crippen LogP contribution in [0, 0.1) is 11.3 Å². The van der Waals surface area contributed by atoms with E-state index in [-0.39, 0.29) is 5.15 Å². The fourth-order valence-electron chi connectivity index (χ4n) is 1.45. The third-order valence-corrected chi connectivity index (χ3v) is 3.16. The van der Waals surface area contributed by atoms with Gasteiger partial charge < -0.3 is 0 Å². The lowest BCUT2D eigenvalue weighted by Gasteiger charge is -2.03. The van der Waals surface area contributed by atoms with Gasteiger partial charge in [-0.3, -0.25) is 0 Å². The van der Waals surface area contributed by atoms with Crippen molar-refractivity contribution in [2.24, 2.45) is 0 Å². The molecule has 1 aromatic heterocycles. The third kappa shape index (κ3) is 2.60. The highest BCUT2D eigenvalue weighted by atomic mass is 79.9. The predicted octanol–water partition coefficient (Wildman–Crippen LogP) is 4.18. The molecule has 0 N–H and O–H groups in total. The van der Waals surface area contributed by atoms with Crippen LogP contribution in [-0.2, 0) is 6.18 Å². The van der Waals surface area contributed by atoms with Gasteiger partial charge in [-0.15, -0.1) is 0 Å². The molecular formula is C11H4BrClF3N3. The van der Waals surface area contributed by atoms with Gasteiger partial charge >= 0.3 is 6.18 Å². The van der Waals surface area contributed by atoms with Crippen molar-refractivity contribution >= 4 is 27.5 Å². The molecule has 2 rings (SSSR count). The van der Waals surface area contributed by atoms with Crippen LogP contribution in [0.15, 0.2) is 28.7 Å². The fraction of sp³-hybridized carbons (Fsp3) is 0.0909. The minimum absolute atomic E-state index is 0.334. The number of hydrogen-bond donors (Lipinski definition) is 0. The number of alkyl halides is 3. The van der Waals surface area contributed by atoms with Crippen LogP contribution in [0.25, 0.3) is 5.69 Å². The number of hydrogen-bond acceptors (Lipinski definition) is 2. The molecule has 0 bridgehead atoms. The number of rotatable bonds is 1. The second-order valence-corrected chi connectivity index (χ2v) is 4.79. The van der Waals surface area contributed by atoms with E-state index in [2.05, 4.69) is 21.0 Å². The molecule has 0 aliphatic rings. The molecule has 0 saturated carbocycles. The van der Waals surface area contributed by atoms with Crippen molar-refractivity contribution in [3.63, 3.8) is 0 Å². The van der Waals surface area contributed by atoms with Crippen LogP contribution in [0.4, 0.5) is 13.2 Å². The van der Waals surface area contributed by atoms with E-state index in [0.29, 0.717) is 5.69 Å². The Morgan fingerprint density at radius 1 is 1.26 bits per heavy atom. The molecule has 2 aromatic rings. The van der Waals surface area contributed by atoms with Crippen LogP contribution in [0.3, 0.4) is 0 Å². The van der Waals surface area contributed by atoms with Gasteiger partial charge in [-0.2, -0.15) is 23.5 Å². The van der Waals surface area contributed by atoms with E-state index in [0.717, 1.165) is 9.15 Å². The zero-order valence-electron chi connectivity index (χ0n) is 9.04. The van der Waals surface area contributed by atoms with Crippen LogP contribution >= 0.6 is 27.5 Å². The first-order valence-corrected chi connectivity index (χ1v) is 6.03. The molecule has 0 saturated heterocycles. The standard InChI is InChI=1S/C11H4BrClF3N3/c12-6-1-3-7(4-2-6)19-10(13)8(5-17)9(18-19)11(14,15)16/h1-4H. The minimum atomic E-state index is -4.73. The largest absolute Gasteiger partial charge is 0.436 e. The number of nitriles is 1. The van der Waals surface area contributed by atoms with Crippen LogP contribution < -0.4 is 0 Å². The van der Waals surface area contributed by atoms with Gasteiger partial charge in [0.1, 0.15) is 11.6 Å². The van der Waals surface area contributed by atoms with E-state index < -0.39 is 17.4 Å². The maximum Gasteiger partial charge on any atom is 0.436 e. The van der Waals surface area contributed by atoms with Crippen LogP contribution in [-0.4, -0.2) is 9.78 Å². The monoisotopic (exact) mass is 349 g/mol. The molecule has 3 nitrogen and oxygen atoms in total. The highest BCUT2D eigenvalue weighted by molar-refractivity contribution is 9.10.